The molecule has 0 bridgehead atoms. The summed E-state index contributed by atoms with van der Waals surface area (Å²) in [5.41, 5.74) is 1.55. The average molecular weight is 359 g/mol. The Morgan fingerprint density at radius 3 is 2.88 bits per heavy atom. The van der Waals surface area contributed by atoms with E-state index in [1.807, 2.05) is 24.3 Å². The third-order valence-electron chi connectivity index (χ3n) is 4.43. The van der Waals surface area contributed by atoms with Crippen LogP contribution in [0.15, 0.2) is 36.5 Å². The first-order valence-corrected chi connectivity index (χ1v) is 9.10. The Labute approximate surface area is 153 Å². The first-order valence-electron chi connectivity index (χ1n) is 8.72. The molecule has 0 aliphatic carbocycles. The van der Waals surface area contributed by atoms with E-state index in [2.05, 4.69) is 27.1 Å². The fourth-order valence-electron chi connectivity index (χ4n) is 3.06. The number of carbonyl (C=O) groups is 1. The number of carbonyl (C=O) groups excluding carboxylic acids is 1. The van der Waals surface area contributed by atoms with E-state index in [-0.39, 0.29) is 5.91 Å². The van der Waals surface area contributed by atoms with E-state index in [1.54, 1.807) is 12.3 Å². The first-order chi connectivity index (χ1) is 12.1. The predicted octanol–water partition coefficient (Wildman–Crippen LogP) is 3.34. The van der Waals surface area contributed by atoms with Crippen LogP contribution >= 0.6 is 11.6 Å². The van der Waals surface area contributed by atoms with Crippen molar-refractivity contribution in [2.24, 2.45) is 5.92 Å². The standard InChI is InChI=1S/C19H23ClN4O/c1-14-3-2-12-24(13-14)19-22-11-9-17(23-19)18(25)21-10-8-15-4-6-16(20)7-5-15/h4-7,9,11,14H,2-3,8,10,12-13H2,1H3,(H,21,25). The highest BCUT2D eigenvalue weighted by Gasteiger charge is 2.19. The molecule has 25 heavy (non-hydrogen) atoms. The molecule has 1 aliphatic heterocycles. The molecule has 0 radical (unpaired) electrons. The van der Waals surface area contributed by atoms with Gasteiger partial charge in [0.05, 0.1) is 0 Å². The molecular formula is C19H23ClN4O. The van der Waals surface area contributed by atoms with Gasteiger partial charge >= 0.3 is 0 Å². The minimum Gasteiger partial charge on any atom is -0.350 e. The smallest absolute Gasteiger partial charge is 0.270 e. The summed E-state index contributed by atoms with van der Waals surface area (Å²) in [5.74, 6) is 1.12. The van der Waals surface area contributed by atoms with Gasteiger partial charge in [-0.2, -0.15) is 0 Å². The van der Waals surface area contributed by atoms with E-state index >= 15 is 0 Å². The van der Waals surface area contributed by atoms with Gasteiger partial charge in [0.2, 0.25) is 5.95 Å². The molecule has 1 unspecified atom stereocenters. The summed E-state index contributed by atoms with van der Waals surface area (Å²) in [7, 11) is 0. The SMILES string of the molecule is CC1CCCN(c2nccc(C(=O)NCCc3ccc(Cl)cc3)n2)C1. The van der Waals surface area contributed by atoms with Crippen LogP contribution in [0.25, 0.3) is 0 Å². The Bertz CT molecular complexity index is 720. The third kappa shape index (κ3) is 4.92. The minimum absolute atomic E-state index is 0.164. The molecule has 3 rings (SSSR count). The van der Waals surface area contributed by atoms with E-state index < -0.39 is 0 Å². The van der Waals surface area contributed by atoms with Crippen molar-refractivity contribution in [1.29, 1.82) is 0 Å². The zero-order valence-corrected chi connectivity index (χ0v) is 15.2. The Kier molecular flexibility index (Phi) is 5.87. The average Bonchev–Trinajstić information content (AvgIpc) is 2.63. The molecule has 1 amide bonds. The molecule has 0 saturated carbocycles. The van der Waals surface area contributed by atoms with Crippen LogP contribution in [0, 0.1) is 5.92 Å². The highest BCUT2D eigenvalue weighted by Crippen LogP contribution is 2.19. The fourth-order valence-corrected chi connectivity index (χ4v) is 3.19. The third-order valence-corrected chi connectivity index (χ3v) is 4.68. The topological polar surface area (TPSA) is 58.1 Å². The Balaban J connectivity index is 1.56. The van der Waals surface area contributed by atoms with Crippen LogP contribution < -0.4 is 10.2 Å². The molecule has 1 aliphatic rings. The lowest BCUT2D eigenvalue weighted by atomic mass is 10.0. The number of halogens is 1. The second-order valence-corrected chi connectivity index (χ2v) is 7.00. The lowest BCUT2D eigenvalue weighted by Crippen LogP contribution is -2.36. The summed E-state index contributed by atoms with van der Waals surface area (Å²) in [6, 6.07) is 9.31. The number of hydrogen-bond donors (Lipinski definition) is 1. The van der Waals surface area contributed by atoms with Gasteiger partial charge in [0.25, 0.3) is 5.91 Å². The van der Waals surface area contributed by atoms with E-state index in [9.17, 15) is 4.79 Å². The van der Waals surface area contributed by atoms with Crippen LogP contribution in [0.3, 0.4) is 0 Å². The highest BCUT2D eigenvalue weighted by molar-refractivity contribution is 6.30. The van der Waals surface area contributed by atoms with Crippen LogP contribution in [0.2, 0.25) is 5.02 Å². The number of rotatable bonds is 5. The molecule has 0 spiro atoms. The predicted molar refractivity (Wildman–Crippen MR) is 100 cm³/mol. The second-order valence-electron chi connectivity index (χ2n) is 6.57. The minimum atomic E-state index is -0.164. The molecule has 1 aromatic heterocycles. The highest BCUT2D eigenvalue weighted by atomic mass is 35.5. The van der Waals surface area contributed by atoms with Crippen molar-refractivity contribution in [1.82, 2.24) is 15.3 Å². The van der Waals surface area contributed by atoms with E-state index in [1.165, 1.54) is 6.42 Å². The zero-order valence-electron chi connectivity index (χ0n) is 14.4. The Morgan fingerprint density at radius 1 is 1.32 bits per heavy atom. The molecule has 6 heteroatoms. The fraction of sp³-hybridized carbons (Fsp3) is 0.421. The van der Waals surface area contributed by atoms with Gasteiger partial charge in [-0.05, 0) is 48.9 Å². The van der Waals surface area contributed by atoms with E-state index in [0.717, 1.165) is 31.5 Å². The van der Waals surface area contributed by atoms with Gasteiger partial charge in [-0.1, -0.05) is 30.7 Å². The van der Waals surface area contributed by atoms with Crippen LogP contribution in [0.1, 0.15) is 35.8 Å². The van der Waals surface area contributed by atoms with Gasteiger partial charge in [0, 0.05) is 30.9 Å². The van der Waals surface area contributed by atoms with Crippen molar-refractivity contribution in [2.75, 3.05) is 24.5 Å². The van der Waals surface area contributed by atoms with E-state index in [0.29, 0.717) is 29.1 Å². The van der Waals surface area contributed by atoms with Gasteiger partial charge in [-0.25, -0.2) is 9.97 Å². The maximum absolute atomic E-state index is 12.3. The molecule has 1 fully saturated rings. The summed E-state index contributed by atoms with van der Waals surface area (Å²) >= 11 is 5.88. The second kappa shape index (κ2) is 8.30. The maximum atomic E-state index is 12.3. The number of piperidine rings is 1. The largest absolute Gasteiger partial charge is 0.350 e. The molecule has 5 nitrogen and oxygen atoms in total. The number of nitrogens with zero attached hydrogens (tertiary/aromatic N) is 3. The van der Waals surface area contributed by atoms with Crippen LogP contribution in [0.4, 0.5) is 5.95 Å². The first kappa shape index (κ1) is 17.7. The summed E-state index contributed by atoms with van der Waals surface area (Å²) in [5, 5.41) is 3.64. The number of benzene rings is 1. The van der Waals surface area contributed by atoms with Crippen molar-refractivity contribution >= 4 is 23.5 Å². The summed E-state index contributed by atoms with van der Waals surface area (Å²) in [6.07, 6.45) is 4.80. The number of amides is 1. The van der Waals surface area contributed by atoms with Gasteiger partial charge < -0.3 is 10.2 Å². The molecule has 1 aromatic carbocycles. The maximum Gasteiger partial charge on any atom is 0.270 e. The molecule has 132 valence electrons. The number of aromatic nitrogens is 2. The Morgan fingerprint density at radius 2 is 2.12 bits per heavy atom. The van der Waals surface area contributed by atoms with Gasteiger partial charge in [-0.15, -0.1) is 0 Å². The lowest BCUT2D eigenvalue weighted by Gasteiger charge is -2.30. The molecule has 2 aromatic rings. The number of nitrogens with one attached hydrogen (secondary N) is 1. The van der Waals surface area contributed by atoms with E-state index in [4.69, 9.17) is 11.6 Å². The van der Waals surface area contributed by atoms with Crippen LogP contribution in [-0.2, 0) is 6.42 Å². The normalized spacial score (nSPS) is 17.4. The van der Waals surface area contributed by atoms with Crippen molar-refractivity contribution < 1.29 is 4.79 Å². The quantitative estimate of drug-likeness (QED) is 0.890. The van der Waals surface area contributed by atoms with Gasteiger partial charge in [0.15, 0.2) is 0 Å². The van der Waals surface area contributed by atoms with Gasteiger partial charge in [0.1, 0.15) is 5.69 Å². The monoisotopic (exact) mass is 358 g/mol. The molecule has 1 atom stereocenters. The van der Waals surface area contributed by atoms with Crippen LogP contribution in [0.5, 0.6) is 0 Å². The summed E-state index contributed by atoms with van der Waals surface area (Å²) in [6.45, 7) is 4.69. The molecular weight excluding hydrogens is 336 g/mol. The Hall–Kier alpha value is -2.14. The number of hydrogen-bond acceptors (Lipinski definition) is 4. The van der Waals surface area contributed by atoms with Crippen molar-refractivity contribution in [2.45, 2.75) is 26.2 Å². The van der Waals surface area contributed by atoms with Crippen molar-refractivity contribution in [3.05, 3.63) is 52.8 Å². The molecule has 2 heterocycles. The van der Waals surface area contributed by atoms with Crippen molar-refractivity contribution in [3.8, 4) is 0 Å². The lowest BCUT2D eigenvalue weighted by molar-refractivity contribution is 0.0949. The zero-order chi connectivity index (χ0) is 17.6. The number of anilines is 1. The van der Waals surface area contributed by atoms with Crippen molar-refractivity contribution in [3.63, 3.8) is 0 Å². The van der Waals surface area contributed by atoms with Crippen LogP contribution in [-0.4, -0.2) is 35.5 Å². The molecule has 1 saturated heterocycles. The summed E-state index contributed by atoms with van der Waals surface area (Å²) < 4.78 is 0. The van der Waals surface area contributed by atoms with Gasteiger partial charge in [-0.3, -0.25) is 4.79 Å². The summed E-state index contributed by atoms with van der Waals surface area (Å²) in [4.78, 5) is 23.3. The molecule has 1 N–H and O–H groups in total.